The van der Waals surface area contributed by atoms with Gasteiger partial charge in [0.1, 0.15) is 10.9 Å². The molecule has 216 valence electrons. The maximum Gasteiger partial charge on any atom is 0.269 e. The van der Waals surface area contributed by atoms with E-state index in [1.165, 1.54) is 17.0 Å². The van der Waals surface area contributed by atoms with E-state index in [9.17, 15) is 22.8 Å². The minimum atomic E-state index is -4.00. The highest BCUT2D eigenvalue weighted by atomic mass is 35.5. The molecule has 3 aromatic carbocycles. The second-order valence-electron chi connectivity index (χ2n) is 10.1. The number of hydrogen-bond acceptors (Lipinski definition) is 5. The smallest absolute Gasteiger partial charge is 0.269 e. The van der Waals surface area contributed by atoms with Crippen molar-refractivity contribution in [3.8, 4) is 0 Å². The standard InChI is InChI=1S/C30H31Cl2N3O5S/c1-20(2)33-29(37)26(18-21-10-4-3-5-11-21)34(19-23-24(31)13-8-14-25(23)32)28(36)16-9-17-35-30(38)22-12-6-7-15-27(22)41(35,39)40/h3-8,10-15,20,26H,9,16-19H2,1-2H3,(H,33,37). The van der Waals surface area contributed by atoms with Crippen LogP contribution in [0.15, 0.2) is 77.7 Å². The molecule has 0 aliphatic carbocycles. The van der Waals surface area contributed by atoms with Crippen LogP contribution < -0.4 is 5.32 Å². The Labute approximate surface area is 250 Å². The normalized spacial score (nSPS) is 14.6. The number of sulfonamides is 1. The number of nitrogens with one attached hydrogen (secondary N) is 1. The van der Waals surface area contributed by atoms with Crippen LogP contribution in [0, 0.1) is 0 Å². The lowest BCUT2D eigenvalue weighted by molar-refractivity contribution is -0.141. The second kappa shape index (κ2) is 13.1. The summed E-state index contributed by atoms with van der Waals surface area (Å²) in [4.78, 5) is 41.5. The first-order valence-electron chi connectivity index (χ1n) is 13.2. The van der Waals surface area contributed by atoms with Gasteiger partial charge in [-0.15, -0.1) is 0 Å². The highest BCUT2D eigenvalue weighted by Gasteiger charge is 2.40. The van der Waals surface area contributed by atoms with Crippen molar-refractivity contribution in [2.24, 2.45) is 0 Å². The monoisotopic (exact) mass is 615 g/mol. The lowest BCUT2D eigenvalue weighted by atomic mass is 10.0. The van der Waals surface area contributed by atoms with Crippen molar-refractivity contribution in [1.82, 2.24) is 14.5 Å². The molecule has 8 nitrogen and oxygen atoms in total. The first kappa shape index (κ1) is 30.6. The van der Waals surface area contributed by atoms with Crippen LogP contribution in [-0.4, -0.2) is 54.0 Å². The van der Waals surface area contributed by atoms with Gasteiger partial charge in [-0.1, -0.05) is 71.7 Å². The molecule has 4 rings (SSSR count). The molecule has 1 aliphatic heterocycles. The Balaban J connectivity index is 1.60. The third-order valence-corrected chi connectivity index (χ3v) is 9.30. The van der Waals surface area contributed by atoms with E-state index in [2.05, 4.69) is 5.32 Å². The molecule has 1 aliphatic rings. The zero-order chi connectivity index (χ0) is 29.7. The van der Waals surface area contributed by atoms with E-state index in [0.717, 1.165) is 9.87 Å². The van der Waals surface area contributed by atoms with Crippen molar-refractivity contribution in [1.29, 1.82) is 0 Å². The SMILES string of the molecule is CC(C)NC(=O)C(Cc1ccccc1)N(Cc1c(Cl)cccc1Cl)C(=O)CCCN1C(=O)c2ccccc2S1(=O)=O. The number of benzene rings is 3. The van der Waals surface area contributed by atoms with Gasteiger partial charge < -0.3 is 10.2 Å². The molecule has 0 spiro atoms. The largest absolute Gasteiger partial charge is 0.352 e. The van der Waals surface area contributed by atoms with Crippen molar-refractivity contribution < 1.29 is 22.8 Å². The second-order valence-corrected chi connectivity index (χ2v) is 12.7. The number of hydrogen-bond donors (Lipinski definition) is 1. The molecular formula is C30H31Cl2N3O5S. The van der Waals surface area contributed by atoms with Crippen molar-refractivity contribution in [2.75, 3.05) is 6.54 Å². The van der Waals surface area contributed by atoms with Gasteiger partial charge in [0.25, 0.3) is 15.9 Å². The fraction of sp³-hybridized carbons (Fsp3) is 0.300. The summed E-state index contributed by atoms with van der Waals surface area (Å²) < 4.78 is 26.7. The first-order chi connectivity index (χ1) is 19.5. The molecule has 1 N–H and O–H groups in total. The van der Waals surface area contributed by atoms with Gasteiger partial charge >= 0.3 is 0 Å². The minimum Gasteiger partial charge on any atom is -0.352 e. The van der Waals surface area contributed by atoms with Crippen LogP contribution in [0.1, 0.15) is 48.2 Å². The maximum atomic E-state index is 13.8. The minimum absolute atomic E-state index is 0.0350. The van der Waals surface area contributed by atoms with Crippen LogP contribution in [0.3, 0.4) is 0 Å². The zero-order valence-electron chi connectivity index (χ0n) is 22.7. The van der Waals surface area contributed by atoms with E-state index in [-0.39, 0.29) is 54.8 Å². The Kier molecular flexibility index (Phi) is 9.73. The van der Waals surface area contributed by atoms with Gasteiger partial charge in [0, 0.05) is 47.6 Å². The molecule has 1 heterocycles. The Hall–Kier alpha value is -3.40. The number of carbonyl (C=O) groups is 3. The first-order valence-corrected chi connectivity index (χ1v) is 15.4. The molecular weight excluding hydrogens is 585 g/mol. The molecule has 11 heteroatoms. The van der Waals surface area contributed by atoms with E-state index in [0.29, 0.717) is 15.6 Å². The Morgan fingerprint density at radius 2 is 1.56 bits per heavy atom. The highest BCUT2D eigenvalue weighted by Crippen LogP contribution is 2.31. The Bertz CT molecular complexity index is 1530. The maximum absolute atomic E-state index is 13.8. The van der Waals surface area contributed by atoms with E-state index >= 15 is 0 Å². The van der Waals surface area contributed by atoms with Crippen molar-refractivity contribution in [2.45, 2.75) is 56.6 Å². The fourth-order valence-corrected chi connectivity index (χ4v) is 6.88. The van der Waals surface area contributed by atoms with E-state index in [1.807, 2.05) is 44.2 Å². The average Bonchev–Trinajstić information content (AvgIpc) is 3.12. The zero-order valence-corrected chi connectivity index (χ0v) is 25.0. The lowest BCUT2D eigenvalue weighted by Crippen LogP contribution is -2.52. The van der Waals surface area contributed by atoms with Crippen LogP contribution in [-0.2, 0) is 32.6 Å². The van der Waals surface area contributed by atoms with Crippen molar-refractivity contribution in [3.63, 3.8) is 0 Å². The number of carbonyl (C=O) groups excluding carboxylic acids is 3. The number of rotatable bonds is 11. The Morgan fingerprint density at radius 3 is 2.20 bits per heavy atom. The molecule has 41 heavy (non-hydrogen) atoms. The summed E-state index contributed by atoms with van der Waals surface area (Å²) in [6, 6.07) is 19.3. The van der Waals surface area contributed by atoms with Gasteiger partial charge in [-0.3, -0.25) is 14.4 Å². The van der Waals surface area contributed by atoms with Gasteiger partial charge in [-0.25, -0.2) is 12.7 Å². The van der Waals surface area contributed by atoms with E-state index in [4.69, 9.17) is 23.2 Å². The molecule has 0 aromatic heterocycles. The quantitative estimate of drug-likeness (QED) is 0.324. The topological polar surface area (TPSA) is 104 Å². The molecule has 0 fully saturated rings. The van der Waals surface area contributed by atoms with Gasteiger partial charge in [-0.2, -0.15) is 0 Å². The highest BCUT2D eigenvalue weighted by molar-refractivity contribution is 7.90. The van der Waals surface area contributed by atoms with Crippen LogP contribution in [0.5, 0.6) is 0 Å². The summed E-state index contributed by atoms with van der Waals surface area (Å²) in [6.07, 6.45) is 0.188. The van der Waals surface area contributed by atoms with Crippen molar-refractivity contribution >= 4 is 50.9 Å². The number of fused-ring (bicyclic) bond motifs is 1. The molecule has 1 atom stereocenters. The fourth-order valence-electron chi connectivity index (χ4n) is 4.76. The van der Waals surface area contributed by atoms with E-state index < -0.39 is 27.9 Å². The molecule has 3 amide bonds. The molecule has 0 bridgehead atoms. The molecule has 0 radical (unpaired) electrons. The third kappa shape index (κ3) is 6.92. The summed E-state index contributed by atoms with van der Waals surface area (Å²) in [6.45, 7) is 3.46. The Morgan fingerprint density at radius 1 is 0.927 bits per heavy atom. The van der Waals surface area contributed by atoms with Crippen LogP contribution >= 0.6 is 23.2 Å². The van der Waals surface area contributed by atoms with E-state index in [1.54, 1.807) is 30.3 Å². The van der Waals surface area contributed by atoms with Crippen LogP contribution in [0.2, 0.25) is 10.0 Å². The van der Waals surface area contributed by atoms with Gasteiger partial charge in [-0.05, 0) is 50.1 Å². The lowest BCUT2D eigenvalue weighted by Gasteiger charge is -2.32. The van der Waals surface area contributed by atoms with Crippen LogP contribution in [0.25, 0.3) is 0 Å². The average molecular weight is 617 g/mol. The van der Waals surface area contributed by atoms with Gasteiger partial charge in [0.2, 0.25) is 11.8 Å². The summed E-state index contributed by atoms with van der Waals surface area (Å²) in [7, 11) is -4.00. The molecule has 1 unspecified atom stereocenters. The molecule has 3 aromatic rings. The summed E-state index contributed by atoms with van der Waals surface area (Å²) in [5, 5.41) is 3.61. The number of nitrogens with zero attached hydrogens (tertiary/aromatic N) is 2. The predicted molar refractivity (Wildman–Crippen MR) is 158 cm³/mol. The predicted octanol–water partition coefficient (Wildman–Crippen LogP) is 5.08. The summed E-state index contributed by atoms with van der Waals surface area (Å²) in [5.41, 5.74) is 1.46. The van der Waals surface area contributed by atoms with Gasteiger partial charge in [0.15, 0.2) is 0 Å². The van der Waals surface area contributed by atoms with Crippen LogP contribution in [0.4, 0.5) is 0 Å². The summed E-state index contributed by atoms with van der Waals surface area (Å²) >= 11 is 12.9. The molecule has 0 saturated heterocycles. The number of halogens is 2. The number of amides is 3. The van der Waals surface area contributed by atoms with Crippen molar-refractivity contribution in [3.05, 3.63) is 99.5 Å². The third-order valence-electron chi connectivity index (χ3n) is 6.76. The van der Waals surface area contributed by atoms with Gasteiger partial charge in [0.05, 0.1) is 5.56 Å². The summed E-state index contributed by atoms with van der Waals surface area (Å²) in [5.74, 6) is -1.36. The molecule has 0 saturated carbocycles.